The number of nitriles is 1. The summed E-state index contributed by atoms with van der Waals surface area (Å²) in [6.07, 6.45) is 0. The second-order valence-corrected chi connectivity index (χ2v) is 4.78. The summed E-state index contributed by atoms with van der Waals surface area (Å²) in [5.41, 5.74) is 3.40. The van der Waals surface area contributed by atoms with Crippen LogP contribution in [0.1, 0.15) is 5.56 Å². The molecular formula is C17H10N4. The van der Waals surface area contributed by atoms with E-state index in [-0.39, 0.29) is 0 Å². The van der Waals surface area contributed by atoms with Gasteiger partial charge in [-0.1, -0.05) is 41.6 Å². The molecule has 0 aliphatic carbocycles. The van der Waals surface area contributed by atoms with Gasteiger partial charge in [0.25, 0.3) is 0 Å². The maximum Gasteiger partial charge on any atom is 0.113 e. The normalized spacial score (nSPS) is 10.8. The van der Waals surface area contributed by atoms with Crippen molar-refractivity contribution in [3.05, 3.63) is 66.2 Å². The van der Waals surface area contributed by atoms with Gasteiger partial charge >= 0.3 is 0 Å². The van der Waals surface area contributed by atoms with Crippen molar-refractivity contribution in [2.24, 2.45) is 0 Å². The van der Waals surface area contributed by atoms with Crippen LogP contribution in [0.3, 0.4) is 0 Å². The van der Waals surface area contributed by atoms with E-state index in [0.29, 0.717) is 5.56 Å². The third kappa shape index (κ3) is 1.68. The van der Waals surface area contributed by atoms with Crippen molar-refractivity contribution < 1.29 is 0 Å². The maximum atomic E-state index is 9.24. The number of para-hydroxylation sites is 1. The summed E-state index contributed by atoms with van der Waals surface area (Å²) >= 11 is 0. The molecule has 0 spiro atoms. The highest BCUT2D eigenvalue weighted by molar-refractivity contribution is 5.95. The van der Waals surface area contributed by atoms with Crippen LogP contribution in [0.5, 0.6) is 0 Å². The van der Waals surface area contributed by atoms with Gasteiger partial charge in [0.15, 0.2) is 0 Å². The Hall–Kier alpha value is -3.19. The van der Waals surface area contributed by atoms with Crippen molar-refractivity contribution in [1.29, 1.82) is 5.26 Å². The zero-order valence-corrected chi connectivity index (χ0v) is 11.1. The Labute approximate surface area is 120 Å². The van der Waals surface area contributed by atoms with Crippen LogP contribution >= 0.6 is 0 Å². The van der Waals surface area contributed by atoms with E-state index in [1.807, 2.05) is 65.3 Å². The summed E-state index contributed by atoms with van der Waals surface area (Å²) in [5, 5.41) is 19.6. The molecule has 4 heteroatoms. The van der Waals surface area contributed by atoms with Crippen LogP contribution in [0, 0.1) is 11.3 Å². The molecule has 98 valence electrons. The summed E-state index contributed by atoms with van der Waals surface area (Å²) in [6.45, 7) is 0. The Balaban J connectivity index is 2.10. The number of nitrogens with zero attached hydrogens (tertiary/aromatic N) is 4. The lowest BCUT2D eigenvalue weighted by atomic mass is 10.0. The molecule has 0 fully saturated rings. The van der Waals surface area contributed by atoms with Gasteiger partial charge in [0.05, 0.1) is 22.8 Å². The second kappa shape index (κ2) is 4.43. The number of aromatic nitrogens is 3. The van der Waals surface area contributed by atoms with Crippen molar-refractivity contribution in [1.82, 2.24) is 15.0 Å². The molecule has 0 radical (unpaired) electrons. The molecule has 0 aliphatic rings. The molecule has 0 aliphatic heterocycles. The highest BCUT2D eigenvalue weighted by Gasteiger charge is 2.10. The monoisotopic (exact) mass is 270 g/mol. The van der Waals surface area contributed by atoms with Crippen molar-refractivity contribution >= 4 is 21.8 Å². The summed E-state index contributed by atoms with van der Waals surface area (Å²) in [4.78, 5) is 0. The van der Waals surface area contributed by atoms with Crippen LogP contribution in [-0.2, 0) is 0 Å². The zero-order valence-electron chi connectivity index (χ0n) is 11.1. The van der Waals surface area contributed by atoms with E-state index in [4.69, 9.17) is 0 Å². The van der Waals surface area contributed by atoms with Gasteiger partial charge in [-0.15, -0.1) is 5.10 Å². The highest BCUT2D eigenvalue weighted by atomic mass is 15.4. The standard InChI is InChI=1S/C17H10N4/c18-11-12-9-10-16(14-6-2-1-5-13(12)14)21-17-8-4-3-7-15(17)19-20-21/h1-10H. The van der Waals surface area contributed by atoms with Gasteiger partial charge in [0.2, 0.25) is 0 Å². The molecule has 4 nitrogen and oxygen atoms in total. The lowest BCUT2D eigenvalue weighted by Gasteiger charge is -2.08. The van der Waals surface area contributed by atoms with E-state index >= 15 is 0 Å². The van der Waals surface area contributed by atoms with Gasteiger partial charge in [-0.05, 0) is 24.3 Å². The average molecular weight is 270 g/mol. The second-order valence-electron chi connectivity index (χ2n) is 4.78. The minimum Gasteiger partial charge on any atom is -0.212 e. The minimum absolute atomic E-state index is 0.666. The third-order valence-corrected chi connectivity index (χ3v) is 3.60. The van der Waals surface area contributed by atoms with Crippen LogP contribution in [0.2, 0.25) is 0 Å². The predicted octanol–water partition coefficient (Wildman–Crippen LogP) is 3.45. The van der Waals surface area contributed by atoms with E-state index in [1.54, 1.807) is 0 Å². The van der Waals surface area contributed by atoms with E-state index in [0.717, 1.165) is 27.5 Å². The fourth-order valence-electron chi connectivity index (χ4n) is 2.61. The molecule has 0 bridgehead atoms. The van der Waals surface area contributed by atoms with Crippen molar-refractivity contribution in [2.75, 3.05) is 0 Å². The Morgan fingerprint density at radius 3 is 2.48 bits per heavy atom. The van der Waals surface area contributed by atoms with Gasteiger partial charge in [-0.2, -0.15) is 5.26 Å². The van der Waals surface area contributed by atoms with Crippen molar-refractivity contribution in [2.45, 2.75) is 0 Å². The number of benzene rings is 3. The number of rotatable bonds is 1. The van der Waals surface area contributed by atoms with E-state index in [1.165, 1.54) is 0 Å². The van der Waals surface area contributed by atoms with Gasteiger partial charge in [0.1, 0.15) is 5.52 Å². The first-order valence-corrected chi connectivity index (χ1v) is 6.61. The summed E-state index contributed by atoms with van der Waals surface area (Å²) < 4.78 is 1.82. The quantitative estimate of drug-likeness (QED) is 0.532. The van der Waals surface area contributed by atoms with Crippen LogP contribution < -0.4 is 0 Å². The number of fused-ring (bicyclic) bond motifs is 2. The Kier molecular flexibility index (Phi) is 2.45. The maximum absolute atomic E-state index is 9.24. The summed E-state index contributed by atoms with van der Waals surface area (Å²) in [6, 6.07) is 21.7. The first kappa shape index (κ1) is 11.6. The Bertz CT molecular complexity index is 1010. The third-order valence-electron chi connectivity index (χ3n) is 3.60. The smallest absolute Gasteiger partial charge is 0.113 e. The van der Waals surface area contributed by atoms with Crippen molar-refractivity contribution in [3.8, 4) is 11.8 Å². The molecule has 4 aromatic rings. The van der Waals surface area contributed by atoms with Crippen molar-refractivity contribution in [3.63, 3.8) is 0 Å². The molecular weight excluding hydrogens is 260 g/mol. The molecule has 0 amide bonds. The van der Waals surface area contributed by atoms with Gasteiger partial charge in [-0.3, -0.25) is 0 Å². The molecule has 0 unspecified atom stereocenters. The molecule has 4 rings (SSSR count). The molecule has 0 atom stereocenters. The average Bonchev–Trinajstić information content (AvgIpc) is 2.98. The van der Waals surface area contributed by atoms with Crippen LogP contribution in [-0.4, -0.2) is 15.0 Å². The summed E-state index contributed by atoms with van der Waals surface area (Å²) in [7, 11) is 0. The molecule has 0 saturated carbocycles. The fourth-order valence-corrected chi connectivity index (χ4v) is 2.61. The Morgan fingerprint density at radius 2 is 1.62 bits per heavy atom. The van der Waals surface area contributed by atoms with E-state index < -0.39 is 0 Å². The largest absolute Gasteiger partial charge is 0.212 e. The van der Waals surface area contributed by atoms with E-state index in [2.05, 4.69) is 16.4 Å². The lowest BCUT2D eigenvalue weighted by molar-refractivity contribution is 0.829. The first-order chi connectivity index (χ1) is 10.4. The molecule has 1 aromatic heterocycles. The predicted molar refractivity (Wildman–Crippen MR) is 81.1 cm³/mol. The summed E-state index contributed by atoms with van der Waals surface area (Å²) in [5.74, 6) is 0. The zero-order chi connectivity index (χ0) is 14.2. The first-order valence-electron chi connectivity index (χ1n) is 6.61. The topological polar surface area (TPSA) is 54.5 Å². The highest BCUT2D eigenvalue weighted by Crippen LogP contribution is 2.26. The van der Waals surface area contributed by atoms with E-state index in [9.17, 15) is 5.26 Å². The SMILES string of the molecule is N#Cc1ccc(-n2nnc3ccccc32)c2ccccc12. The van der Waals surface area contributed by atoms with Gasteiger partial charge in [0, 0.05) is 10.8 Å². The van der Waals surface area contributed by atoms with Gasteiger partial charge in [-0.25, -0.2) is 4.68 Å². The molecule has 0 saturated heterocycles. The number of hydrogen-bond donors (Lipinski definition) is 0. The van der Waals surface area contributed by atoms with Crippen LogP contribution in [0.25, 0.3) is 27.5 Å². The number of hydrogen-bond acceptors (Lipinski definition) is 3. The molecule has 21 heavy (non-hydrogen) atoms. The molecule has 1 heterocycles. The Morgan fingerprint density at radius 1 is 0.857 bits per heavy atom. The molecule has 3 aromatic carbocycles. The lowest BCUT2D eigenvalue weighted by Crippen LogP contribution is -1.98. The van der Waals surface area contributed by atoms with Crippen LogP contribution in [0.15, 0.2) is 60.7 Å². The fraction of sp³-hybridized carbons (Fsp3) is 0. The van der Waals surface area contributed by atoms with Crippen LogP contribution in [0.4, 0.5) is 0 Å². The minimum atomic E-state index is 0.666. The van der Waals surface area contributed by atoms with Gasteiger partial charge < -0.3 is 0 Å². The molecule has 0 N–H and O–H groups in total.